The molecule has 2 rings (SSSR count). The fraction of sp³-hybridized carbons (Fsp3) is 0.231. The van der Waals surface area contributed by atoms with Crippen molar-refractivity contribution in [2.75, 3.05) is 5.75 Å². The van der Waals surface area contributed by atoms with Crippen molar-refractivity contribution in [3.63, 3.8) is 0 Å². The fourth-order valence-corrected chi connectivity index (χ4v) is 3.87. The van der Waals surface area contributed by atoms with Crippen LogP contribution < -0.4 is 0 Å². The maximum Gasteiger partial charge on any atom is 0.289 e. The maximum absolute atomic E-state index is 11.8. The van der Waals surface area contributed by atoms with Crippen molar-refractivity contribution in [3.05, 3.63) is 42.5 Å². The lowest BCUT2D eigenvalue weighted by molar-refractivity contribution is -0.122. The van der Waals surface area contributed by atoms with Crippen LogP contribution in [0.2, 0.25) is 0 Å². The molecule has 94 valence electrons. The number of nitrogens with zero attached hydrogens (tertiary/aromatic N) is 1. The third kappa shape index (κ3) is 2.97. The number of amides is 2. The van der Waals surface area contributed by atoms with Crippen LogP contribution in [0.3, 0.4) is 0 Å². The van der Waals surface area contributed by atoms with Crippen molar-refractivity contribution in [2.24, 2.45) is 0 Å². The van der Waals surface area contributed by atoms with Gasteiger partial charge in [0.1, 0.15) is 5.37 Å². The summed E-state index contributed by atoms with van der Waals surface area (Å²) >= 11 is 2.75. The molecule has 1 saturated heterocycles. The van der Waals surface area contributed by atoms with Crippen LogP contribution in [0.5, 0.6) is 0 Å². The Bertz CT molecular complexity index is 473. The minimum absolute atomic E-state index is 0.117. The maximum atomic E-state index is 11.8. The van der Waals surface area contributed by atoms with Crippen LogP contribution in [0.25, 0.3) is 0 Å². The molecule has 1 aromatic rings. The first-order chi connectivity index (χ1) is 8.72. The molecule has 18 heavy (non-hydrogen) atoms. The summed E-state index contributed by atoms with van der Waals surface area (Å²) < 4.78 is 0. The number of allylic oxidation sites excluding steroid dienone is 1. The summed E-state index contributed by atoms with van der Waals surface area (Å²) in [7, 11) is 0. The predicted molar refractivity (Wildman–Crippen MR) is 75.6 cm³/mol. The van der Waals surface area contributed by atoms with Crippen LogP contribution in [-0.2, 0) is 4.79 Å². The van der Waals surface area contributed by atoms with Gasteiger partial charge in [-0.05, 0) is 25.1 Å². The second-order valence-electron chi connectivity index (χ2n) is 3.67. The summed E-state index contributed by atoms with van der Waals surface area (Å²) in [5.74, 6) is 0.405. The summed E-state index contributed by atoms with van der Waals surface area (Å²) in [6.45, 7) is 1.77. The molecular weight excluding hydrogens is 266 g/mol. The van der Waals surface area contributed by atoms with E-state index in [2.05, 4.69) is 0 Å². The van der Waals surface area contributed by atoms with Gasteiger partial charge in [0.15, 0.2) is 0 Å². The first-order valence-electron chi connectivity index (χ1n) is 5.56. The van der Waals surface area contributed by atoms with E-state index >= 15 is 0 Å². The number of rotatable bonds is 3. The van der Waals surface area contributed by atoms with Crippen LogP contribution in [0.4, 0.5) is 4.79 Å². The van der Waals surface area contributed by atoms with E-state index in [1.165, 1.54) is 22.7 Å². The molecule has 1 atom stereocenters. The first-order valence-corrected chi connectivity index (χ1v) is 7.43. The number of carbonyl (C=O) groups excluding carboxylic acids is 2. The molecule has 3 nitrogen and oxygen atoms in total. The lowest BCUT2D eigenvalue weighted by Crippen LogP contribution is -2.35. The van der Waals surface area contributed by atoms with Gasteiger partial charge in [0, 0.05) is 10.6 Å². The summed E-state index contributed by atoms with van der Waals surface area (Å²) in [5, 5.41) is -0.278. The molecule has 1 fully saturated rings. The average Bonchev–Trinajstić information content (AvgIpc) is 2.72. The normalized spacial score (nSPS) is 19.7. The van der Waals surface area contributed by atoms with E-state index < -0.39 is 0 Å². The first kappa shape index (κ1) is 13.2. The van der Waals surface area contributed by atoms with Gasteiger partial charge in [0.05, 0.1) is 0 Å². The Morgan fingerprint density at radius 3 is 2.83 bits per heavy atom. The molecule has 0 radical (unpaired) electrons. The third-order valence-electron chi connectivity index (χ3n) is 2.40. The molecule has 1 aromatic carbocycles. The Hall–Kier alpha value is -1.20. The molecule has 0 N–H and O–H groups in total. The minimum Gasteiger partial charge on any atom is -0.269 e. The average molecular weight is 279 g/mol. The largest absolute Gasteiger partial charge is 0.289 e. The van der Waals surface area contributed by atoms with Gasteiger partial charge in [-0.15, -0.1) is 0 Å². The number of imide groups is 1. The number of thioether (sulfide) groups is 2. The van der Waals surface area contributed by atoms with Crippen molar-refractivity contribution in [3.8, 4) is 0 Å². The Balaban J connectivity index is 2.12. The van der Waals surface area contributed by atoms with Crippen LogP contribution >= 0.6 is 23.5 Å². The molecule has 0 aromatic heterocycles. The molecule has 5 heteroatoms. The van der Waals surface area contributed by atoms with Crippen LogP contribution in [0, 0.1) is 0 Å². The van der Waals surface area contributed by atoms with Gasteiger partial charge < -0.3 is 0 Å². The summed E-state index contributed by atoms with van der Waals surface area (Å²) in [5.41, 5.74) is 0. The van der Waals surface area contributed by atoms with Gasteiger partial charge in [-0.1, -0.05) is 47.8 Å². The van der Waals surface area contributed by atoms with Crippen LogP contribution in [0.1, 0.15) is 6.92 Å². The summed E-state index contributed by atoms with van der Waals surface area (Å²) in [4.78, 5) is 26.0. The SMILES string of the molecule is C/C=C/C(=O)N1C(=O)SCC1Sc1ccccc1. The summed E-state index contributed by atoms with van der Waals surface area (Å²) in [6.07, 6.45) is 3.09. The highest BCUT2D eigenvalue weighted by molar-refractivity contribution is 8.15. The highest BCUT2D eigenvalue weighted by atomic mass is 32.2. The van der Waals surface area contributed by atoms with Crippen LogP contribution in [0.15, 0.2) is 47.4 Å². The molecule has 2 amide bonds. The molecular formula is C13H13NO2S2. The van der Waals surface area contributed by atoms with Gasteiger partial charge in [0.2, 0.25) is 0 Å². The molecule has 1 heterocycles. The van der Waals surface area contributed by atoms with E-state index in [9.17, 15) is 9.59 Å². The van der Waals surface area contributed by atoms with Crippen molar-refractivity contribution in [1.82, 2.24) is 4.90 Å². The number of benzene rings is 1. The van der Waals surface area contributed by atoms with Crippen molar-refractivity contribution >= 4 is 34.7 Å². The smallest absolute Gasteiger partial charge is 0.269 e. The fourth-order valence-electron chi connectivity index (χ4n) is 1.60. The zero-order chi connectivity index (χ0) is 13.0. The minimum atomic E-state index is -0.235. The Kier molecular flexibility index (Phi) is 4.49. The molecule has 0 aliphatic carbocycles. The second kappa shape index (κ2) is 6.11. The van der Waals surface area contributed by atoms with Gasteiger partial charge >= 0.3 is 0 Å². The van der Waals surface area contributed by atoms with Gasteiger partial charge in [0.25, 0.3) is 11.1 Å². The van der Waals surface area contributed by atoms with Crippen molar-refractivity contribution < 1.29 is 9.59 Å². The Morgan fingerprint density at radius 1 is 1.44 bits per heavy atom. The Labute approximate surface area is 115 Å². The highest BCUT2D eigenvalue weighted by Crippen LogP contribution is 2.35. The van der Waals surface area contributed by atoms with Gasteiger partial charge in [-0.25, -0.2) is 0 Å². The van der Waals surface area contributed by atoms with Crippen molar-refractivity contribution in [2.45, 2.75) is 17.2 Å². The zero-order valence-electron chi connectivity index (χ0n) is 9.91. The van der Waals surface area contributed by atoms with Crippen molar-refractivity contribution in [1.29, 1.82) is 0 Å². The third-order valence-corrected chi connectivity index (χ3v) is 4.73. The van der Waals surface area contributed by atoms with E-state index in [-0.39, 0.29) is 16.5 Å². The van der Waals surface area contributed by atoms with E-state index in [0.29, 0.717) is 5.75 Å². The number of hydrogen-bond acceptors (Lipinski definition) is 4. The zero-order valence-corrected chi connectivity index (χ0v) is 11.5. The number of hydrogen-bond donors (Lipinski definition) is 0. The lowest BCUT2D eigenvalue weighted by atomic mass is 10.4. The summed E-state index contributed by atoms with van der Waals surface area (Å²) in [6, 6.07) is 9.81. The van der Waals surface area contributed by atoms with Gasteiger partial charge in [-0.2, -0.15) is 0 Å². The molecule has 0 spiro atoms. The second-order valence-corrected chi connectivity index (χ2v) is 5.89. The Morgan fingerprint density at radius 2 is 2.17 bits per heavy atom. The highest BCUT2D eigenvalue weighted by Gasteiger charge is 2.36. The molecule has 1 aliphatic rings. The molecule has 0 bridgehead atoms. The van der Waals surface area contributed by atoms with E-state index in [1.807, 2.05) is 30.3 Å². The predicted octanol–water partition coefficient (Wildman–Crippen LogP) is 3.38. The molecule has 0 saturated carbocycles. The van der Waals surface area contributed by atoms with E-state index in [4.69, 9.17) is 0 Å². The monoisotopic (exact) mass is 279 g/mol. The quantitative estimate of drug-likeness (QED) is 0.795. The molecule has 1 aliphatic heterocycles. The number of carbonyl (C=O) groups is 2. The van der Waals surface area contributed by atoms with E-state index in [0.717, 1.165) is 4.90 Å². The topological polar surface area (TPSA) is 37.4 Å². The lowest BCUT2D eigenvalue weighted by Gasteiger charge is -2.19. The van der Waals surface area contributed by atoms with E-state index in [1.54, 1.807) is 24.8 Å². The van der Waals surface area contributed by atoms with Gasteiger partial charge in [-0.3, -0.25) is 14.5 Å². The van der Waals surface area contributed by atoms with Crippen LogP contribution in [-0.4, -0.2) is 27.2 Å². The standard InChI is InChI=1S/C13H13NO2S2/c1-2-6-11(15)14-12(9-17-13(14)16)18-10-7-4-3-5-8-10/h2-8,12H,9H2,1H3/b6-2+. The molecule has 1 unspecified atom stereocenters.